The summed E-state index contributed by atoms with van der Waals surface area (Å²) in [5.74, 6) is 1.64. The highest BCUT2D eigenvalue weighted by atomic mass is 19.1. The fraction of sp³-hybridized carbons (Fsp3) is 0.389. The number of hydrogen-bond acceptors (Lipinski definition) is 5. The van der Waals surface area contributed by atoms with Gasteiger partial charge in [-0.1, -0.05) is 0 Å². The smallest absolute Gasteiger partial charge is 0.137 e. The molecule has 1 atom stereocenters. The Morgan fingerprint density at radius 1 is 1.24 bits per heavy atom. The van der Waals surface area contributed by atoms with Gasteiger partial charge in [-0.25, -0.2) is 19.3 Å². The number of rotatable bonds is 4. The third-order valence-electron chi connectivity index (χ3n) is 4.76. The van der Waals surface area contributed by atoms with E-state index in [-0.39, 0.29) is 11.9 Å². The van der Waals surface area contributed by atoms with Gasteiger partial charge in [0.05, 0.1) is 11.6 Å². The van der Waals surface area contributed by atoms with E-state index in [1.807, 2.05) is 17.8 Å². The number of benzene rings is 1. The van der Waals surface area contributed by atoms with Crippen molar-refractivity contribution >= 4 is 16.7 Å². The maximum Gasteiger partial charge on any atom is 0.137 e. The SMILES string of the molecule is Cn1ccnc1C(Nc1ncnc2ccc(F)cc12)C1CCOCC1. The average Bonchev–Trinajstić information content (AvgIpc) is 3.06. The molecule has 0 radical (unpaired) electrons. The molecule has 1 fully saturated rings. The summed E-state index contributed by atoms with van der Waals surface area (Å²) >= 11 is 0. The number of ether oxygens (including phenoxy) is 1. The predicted molar refractivity (Wildman–Crippen MR) is 92.6 cm³/mol. The molecule has 1 aliphatic rings. The van der Waals surface area contributed by atoms with Gasteiger partial charge in [0.15, 0.2) is 0 Å². The van der Waals surface area contributed by atoms with Crippen molar-refractivity contribution in [2.75, 3.05) is 18.5 Å². The van der Waals surface area contributed by atoms with Crippen LogP contribution in [0.5, 0.6) is 0 Å². The molecule has 1 aromatic carbocycles. The fourth-order valence-corrected chi connectivity index (χ4v) is 3.41. The first-order chi connectivity index (χ1) is 12.2. The third kappa shape index (κ3) is 3.19. The van der Waals surface area contributed by atoms with E-state index < -0.39 is 0 Å². The molecule has 1 aliphatic heterocycles. The lowest BCUT2D eigenvalue weighted by Gasteiger charge is -2.31. The summed E-state index contributed by atoms with van der Waals surface area (Å²) in [6, 6.07) is 4.53. The maximum absolute atomic E-state index is 13.7. The second kappa shape index (κ2) is 6.76. The van der Waals surface area contributed by atoms with Crippen molar-refractivity contribution in [2.45, 2.75) is 18.9 Å². The van der Waals surface area contributed by atoms with E-state index in [4.69, 9.17) is 4.74 Å². The zero-order chi connectivity index (χ0) is 17.2. The minimum Gasteiger partial charge on any atom is -0.381 e. The lowest BCUT2D eigenvalue weighted by Crippen LogP contribution is -2.29. The molecule has 0 amide bonds. The number of nitrogens with one attached hydrogen (secondary N) is 1. The van der Waals surface area contributed by atoms with Crippen molar-refractivity contribution in [3.8, 4) is 0 Å². The van der Waals surface area contributed by atoms with Crippen LogP contribution in [-0.4, -0.2) is 32.7 Å². The number of halogens is 1. The molecule has 2 aromatic heterocycles. The van der Waals surface area contributed by atoms with Gasteiger partial charge in [0.1, 0.15) is 23.8 Å². The zero-order valence-corrected chi connectivity index (χ0v) is 14.0. The van der Waals surface area contributed by atoms with Gasteiger partial charge < -0.3 is 14.6 Å². The van der Waals surface area contributed by atoms with Crippen molar-refractivity contribution in [3.05, 3.63) is 48.6 Å². The van der Waals surface area contributed by atoms with Crippen molar-refractivity contribution in [3.63, 3.8) is 0 Å². The Labute approximate surface area is 145 Å². The number of anilines is 1. The highest BCUT2D eigenvalue weighted by Crippen LogP contribution is 2.33. The summed E-state index contributed by atoms with van der Waals surface area (Å²) < 4.78 is 21.2. The molecule has 6 nitrogen and oxygen atoms in total. The van der Waals surface area contributed by atoms with Crippen LogP contribution in [0.3, 0.4) is 0 Å². The van der Waals surface area contributed by atoms with Gasteiger partial charge in [-0.15, -0.1) is 0 Å². The minimum absolute atomic E-state index is 0.0229. The van der Waals surface area contributed by atoms with Crippen molar-refractivity contribution in [1.29, 1.82) is 0 Å². The van der Waals surface area contributed by atoms with Crippen LogP contribution >= 0.6 is 0 Å². The van der Waals surface area contributed by atoms with Gasteiger partial charge in [0.2, 0.25) is 0 Å². The molecule has 1 saturated heterocycles. The van der Waals surface area contributed by atoms with Crippen molar-refractivity contribution < 1.29 is 9.13 Å². The lowest BCUT2D eigenvalue weighted by atomic mass is 9.91. The number of nitrogens with zero attached hydrogens (tertiary/aromatic N) is 4. The highest BCUT2D eigenvalue weighted by molar-refractivity contribution is 5.88. The first-order valence-corrected chi connectivity index (χ1v) is 8.44. The molecular formula is C18H20FN5O. The molecule has 0 aliphatic carbocycles. The standard InChI is InChI=1S/C18H20FN5O/c1-24-7-6-20-18(24)16(12-4-8-25-9-5-12)23-17-14-10-13(19)2-3-15(14)21-11-22-17/h2-3,6-7,10-12,16H,4-5,8-9H2,1H3,(H,21,22,23). The summed E-state index contributed by atoms with van der Waals surface area (Å²) in [5, 5.41) is 4.18. The van der Waals surface area contributed by atoms with Crippen LogP contribution in [0.25, 0.3) is 10.9 Å². The molecule has 1 N–H and O–H groups in total. The second-order valence-electron chi connectivity index (χ2n) is 6.35. The highest BCUT2D eigenvalue weighted by Gasteiger charge is 2.29. The fourth-order valence-electron chi connectivity index (χ4n) is 3.41. The summed E-state index contributed by atoms with van der Waals surface area (Å²) in [6.07, 6.45) is 7.12. The largest absolute Gasteiger partial charge is 0.381 e. The number of hydrogen-bond donors (Lipinski definition) is 1. The molecule has 130 valence electrons. The third-order valence-corrected chi connectivity index (χ3v) is 4.76. The van der Waals surface area contributed by atoms with E-state index >= 15 is 0 Å². The minimum atomic E-state index is -0.301. The Balaban J connectivity index is 1.74. The number of imidazole rings is 1. The van der Waals surface area contributed by atoms with E-state index in [9.17, 15) is 4.39 Å². The van der Waals surface area contributed by atoms with Gasteiger partial charge >= 0.3 is 0 Å². The quantitative estimate of drug-likeness (QED) is 0.790. The molecule has 3 aromatic rings. The van der Waals surface area contributed by atoms with Crippen LogP contribution in [0.2, 0.25) is 0 Å². The molecule has 0 spiro atoms. The number of fused-ring (bicyclic) bond motifs is 1. The Hall–Kier alpha value is -2.54. The summed E-state index contributed by atoms with van der Waals surface area (Å²) in [6.45, 7) is 1.48. The van der Waals surface area contributed by atoms with Gasteiger partial charge in [0.25, 0.3) is 0 Å². The average molecular weight is 341 g/mol. The first-order valence-electron chi connectivity index (χ1n) is 8.44. The van der Waals surface area contributed by atoms with Crippen LogP contribution < -0.4 is 5.32 Å². The monoisotopic (exact) mass is 341 g/mol. The van der Waals surface area contributed by atoms with Crippen LogP contribution in [0.1, 0.15) is 24.7 Å². The summed E-state index contributed by atoms with van der Waals surface area (Å²) in [5.41, 5.74) is 0.712. The first kappa shape index (κ1) is 16.0. The zero-order valence-electron chi connectivity index (χ0n) is 14.0. The number of aryl methyl sites for hydroxylation is 1. The van der Waals surface area contributed by atoms with Gasteiger partial charge in [-0.2, -0.15) is 0 Å². The Morgan fingerprint density at radius 2 is 2.08 bits per heavy atom. The van der Waals surface area contributed by atoms with E-state index in [1.165, 1.54) is 18.5 Å². The molecule has 4 rings (SSSR count). The van der Waals surface area contributed by atoms with Gasteiger partial charge in [-0.05, 0) is 37.0 Å². The Morgan fingerprint density at radius 3 is 2.84 bits per heavy atom. The normalized spacial score (nSPS) is 16.9. The Kier molecular flexibility index (Phi) is 4.31. The van der Waals surface area contributed by atoms with Gasteiger partial charge in [-0.3, -0.25) is 0 Å². The predicted octanol–water partition coefficient (Wildman–Crippen LogP) is 3.08. The molecular weight excluding hydrogens is 321 g/mol. The molecule has 1 unspecified atom stereocenters. The van der Waals surface area contributed by atoms with E-state index in [0.29, 0.717) is 22.6 Å². The van der Waals surface area contributed by atoms with E-state index in [2.05, 4.69) is 20.3 Å². The lowest BCUT2D eigenvalue weighted by molar-refractivity contribution is 0.0594. The van der Waals surface area contributed by atoms with Crippen LogP contribution in [0, 0.1) is 11.7 Å². The van der Waals surface area contributed by atoms with Crippen molar-refractivity contribution in [2.24, 2.45) is 13.0 Å². The summed E-state index contributed by atoms with van der Waals surface area (Å²) in [4.78, 5) is 13.1. The van der Waals surface area contributed by atoms with Crippen molar-refractivity contribution in [1.82, 2.24) is 19.5 Å². The molecule has 0 saturated carbocycles. The molecule has 3 heterocycles. The molecule has 7 heteroatoms. The van der Waals surface area contributed by atoms with Crippen LogP contribution in [0.15, 0.2) is 36.9 Å². The van der Waals surface area contributed by atoms with E-state index in [1.54, 1.807) is 12.3 Å². The maximum atomic E-state index is 13.7. The molecule has 25 heavy (non-hydrogen) atoms. The topological polar surface area (TPSA) is 64.9 Å². The Bertz CT molecular complexity index is 875. The second-order valence-corrected chi connectivity index (χ2v) is 6.35. The number of aromatic nitrogens is 4. The summed E-state index contributed by atoms with van der Waals surface area (Å²) in [7, 11) is 1.98. The van der Waals surface area contributed by atoms with Crippen LogP contribution in [0.4, 0.5) is 10.2 Å². The molecule has 0 bridgehead atoms. The van der Waals surface area contributed by atoms with E-state index in [0.717, 1.165) is 31.9 Å². The van der Waals surface area contributed by atoms with Gasteiger partial charge in [0, 0.05) is 38.0 Å². The van der Waals surface area contributed by atoms with Crippen LogP contribution in [-0.2, 0) is 11.8 Å².